The van der Waals surface area contributed by atoms with E-state index in [1.165, 1.54) is 0 Å². The average molecular weight is 456 g/mol. The van der Waals surface area contributed by atoms with Crippen LogP contribution in [0.4, 0.5) is 0 Å². The van der Waals surface area contributed by atoms with Gasteiger partial charge in [-0.2, -0.15) is 0 Å². The second-order valence-corrected chi connectivity index (χ2v) is 8.34. The molecule has 0 saturated carbocycles. The standard InChI is InChI=1S/C22H25Cl3N2O2/c1-4-14(2)26-22(29)15(3)27(13-16-6-5-7-18(23)10-16)21(28)11-17-8-9-19(24)12-20(17)25/h5-10,12,14-15H,4,11,13H2,1-3H3,(H,26,29)/t14-,15-/m1/s1. The highest BCUT2D eigenvalue weighted by atomic mass is 35.5. The van der Waals surface area contributed by atoms with E-state index in [9.17, 15) is 9.59 Å². The monoisotopic (exact) mass is 454 g/mol. The summed E-state index contributed by atoms with van der Waals surface area (Å²) in [6.07, 6.45) is 0.874. The molecule has 0 saturated heterocycles. The third kappa shape index (κ3) is 6.91. The number of benzene rings is 2. The maximum atomic E-state index is 13.2. The van der Waals surface area contributed by atoms with Crippen molar-refractivity contribution in [3.63, 3.8) is 0 Å². The van der Waals surface area contributed by atoms with E-state index in [4.69, 9.17) is 34.8 Å². The Labute approximate surface area is 187 Å². The third-order valence-electron chi connectivity index (χ3n) is 4.77. The minimum absolute atomic E-state index is 0.0266. The summed E-state index contributed by atoms with van der Waals surface area (Å²) >= 11 is 18.3. The number of hydrogen-bond acceptors (Lipinski definition) is 2. The summed E-state index contributed by atoms with van der Waals surface area (Å²) in [7, 11) is 0. The van der Waals surface area contributed by atoms with Crippen LogP contribution >= 0.6 is 34.8 Å². The van der Waals surface area contributed by atoms with Crippen LogP contribution in [0, 0.1) is 0 Å². The number of halogens is 3. The number of hydrogen-bond donors (Lipinski definition) is 1. The molecule has 0 fully saturated rings. The van der Waals surface area contributed by atoms with Gasteiger partial charge in [-0.25, -0.2) is 0 Å². The second kappa shape index (κ2) is 10.9. The predicted octanol–water partition coefficient (Wildman–Crippen LogP) is 5.52. The van der Waals surface area contributed by atoms with Gasteiger partial charge in [-0.1, -0.05) is 59.9 Å². The Morgan fingerprint density at radius 1 is 1.03 bits per heavy atom. The molecule has 1 N–H and O–H groups in total. The van der Waals surface area contributed by atoms with Crippen molar-refractivity contribution in [2.75, 3.05) is 0 Å². The minimum atomic E-state index is -0.651. The van der Waals surface area contributed by atoms with Crippen molar-refractivity contribution < 1.29 is 9.59 Å². The molecule has 29 heavy (non-hydrogen) atoms. The molecule has 0 unspecified atom stereocenters. The van der Waals surface area contributed by atoms with Crippen LogP contribution in [0.2, 0.25) is 15.1 Å². The van der Waals surface area contributed by atoms with Crippen molar-refractivity contribution in [2.45, 2.75) is 52.2 Å². The summed E-state index contributed by atoms with van der Waals surface area (Å²) < 4.78 is 0. The maximum absolute atomic E-state index is 13.2. The fourth-order valence-electron chi connectivity index (χ4n) is 2.81. The Hall–Kier alpha value is -1.75. The molecule has 0 bridgehead atoms. The summed E-state index contributed by atoms with van der Waals surface area (Å²) in [5.41, 5.74) is 1.50. The van der Waals surface area contributed by atoms with E-state index in [1.54, 1.807) is 42.2 Å². The molecular formula is C22H25Cl3N2O2. The zero-order valence-corrected chi connectivity index (χ0v) is 19.0. The molecule has 2 aromatic carbocycles. The Morgan fingerprint density at radius 2 is 1.72 bits per heavy atom. The molecule has 0 heterocycles. The summed E-state index contributed by atoms with van der Waals surface area (Å²) in [5, 5.41) is 4.44. The van der Waals surface area contributed by atoms with E-state index < -0.39 is 6.04 Å². The molecule has 0 aliphatic carbocycles. The Bertz CT molecular complexity index is 873. The van der Waals surface area contributed by atoms with Gasteiger partial charge in [-0.15, -0.1) is 0 Å². The summed E-state index contributed by atoms with van der Waals surface area (Å²) in [6, 6.07) is 11.6. The quantitative estimate of drug-likeness (QED) is 0.569. The highest BCUT2D eigenvalue weighted by molar-refractivity contribution is 6.35. The molecule has 4 nitrogen and oxygen atoms in total. The van der Waals surface area contributed by atoms with Crippen LogP contribution in [0.1, 0.15) is 38.3 Å². The van der Waals surface area contributed by atoms with E-state index in [0.29, 0.717) is 20.6 Å². The van der Waals surface area contributed by atoms with Crippen LogP contribution < -0.4 is 5.32 Å². The SMILES string of the molecule is CC[C@@H](C)NC(=O)[C@@H](C)N(Cc1cccc(Cl)c1)C(=O)Cc1ccc(Cl)cc1Cl. The van der Waals surface area contributed by atoms with Gasteiger partial charge in [-0.05, 0) is 55.7 Å². The summed E-state index contributed by atoms with van der Waals surface area (Å²) in [5.74, 6) is -0.405. The molecular weight excluding hydrogens is 431 g/mol. The van der Waals surface area contributed by atoms with Crippen molar-refractivity contribution in [2.24, 2.45) is 0 Å². The van der Waals surface area contributed by atoms with E-state index in [2.05, 4.69) is 5.32 Å². The number of carbonyl (C=O) groups excluding carboxylic acids is 2. The zero-order chi connectivity index (χ0) is 21.6. The third-order valence-corrected chi connectivity index (χ3v) is 5.59. The molecule has 0 aliphatic heterocycles. The molecule has 0 radical (unpaired) electrons. The Kier molecular flexibility index (Phi) is 8.81. The van der Waals surface area contributed by atoms with Crippen LogP contribution in [0.5, 0.6) is 0 Å². The van der Waals surface area contributed by atoms with E-state index in [-0.39, 0.29) is 30.8 Å². The fraction of sp³-hybridized carbons (Fsp3) is 0.364. The van der Waals surface area contributed by atoms with Gasteiger partial charge in [0.1, 0.15) is 6.04 Å². The molecule has 2 atom stereocenters. The van der Waals surface area contributed by atoms with E-state index in [0.717, 1.165) is 12.0 Å². The first kappa shape index (κ1) is 23.5. The first-order valence-electron chi connectivity index (χ1n) is 9.49. The van der Waals surface area contributed by atoms with Gasteiger partial charge in [0.15, 0.2) is 0 Å². The second-order valence-electron chi connectivity index (χ2n) is 7.06. The fourth-order valence-corrected chi connectivity index (χ4v) is 3.50. The molecule has 0 spiro atoms. The maximum Gasteiger partial charge on any atom is 0.242 e. The molecule has 2 amide bonds. The molecule has 2 aromatic rings. The first-order valence-corrected chi connectivity index (χ1v) is 10.6. The lowest BCUT2D eigenvalue weighted by atomic mass is 10.1. The van der Waals surface area contributed by atoms with Crippen LogP contribution in [-0.2, 0) is 22.6 Å². The predicted molar refractivity (Wildman–Crippen MR) is 120 cm³/mol. The van der Waals surface area contributed by atoms with Crippen LogP contribution in [0.25, 0.3) is 0 Å². The van der Waals surface area contributed by atoms with Crippen LogP contribution in [-0.4, -0.2) is 28.8 Å². The number of amides is 2. The Morgan fingerprint density at radius 3 is 2.34 bits per heavy atom. The number of nitrogens with one attached hydrogen (secondary N) is 1. The highest BCUT2D eigenvalue weighted by Crippen LogP contribution is 2.23. The topological polar surface area (TPSA) is 49.4 Å². The molecule has 0 aromatic heterocycles. The van der Waals surface area contributed by atoms with Crippen LogP contribution in [0.3, 0.4) is 0 Å². The minimum Gasteiger partial charge on any atom is -0.352 e. The van der Waals surface area contributed by atoms with Gasteiger partial charge in [0.2, 0.25) is 11.8 Å². The Balaban J connectivity index is 2.26. The van der Waals surface area contributed by atoms with Crippen molar-refractivity contribution in [1.82, 2.24) is 10.2 Å². The van der Waals surface area contributed by atoms with Gasteiger partial charge in [0.25, 0.3) is 0 Å². The van der Waals surface area contributed by atoms with Gasteiger partial charge in [0, 0.05) is 27.7 Å². The largest absolute Gasteiger partial charge is 0.352 e. The summed E-state index contributed by atoms with van der Waals surface area (Å²) in [6.45, 7) is 5.91. The summed E-state index contributed by atoms with van der Waals surface area (Å²) in [4.78, 5) is 27.4. The lowest BCUT2D eigenvalue weighted by molar-refractivity contribution is -0.140. The van der Waals surface area contributed by atoms with Crippen molar-refractivity contribution in [1.29, 1.82) is 0 Å². The van der Waals surface area contributed by atoms with Gasteiger partial charge < -0.3 is 10.2 Å². The van der Waals surface area contributed by atoms with Gasteiger partial charge in [-0.3, -0.25) is 9.59 Å². The number of nitrogens with zero attached hydrogens (tertiary/aromatic N) is 1. The molecule has 7 heteroatoms. The number of carbonyl (C=O) groups is 2. The first-order chi connectivity index (χ1) is 13.7. The molecule has 0 aliphatic rings. The molecule has 156 valence electrons. The number of rotatable bonds is 8. The van der Waals surface area contributed by atoms with Crippen molar-refractivity contribution in [3.05, 3.63) is 68.7 Å². The van der Waals surface area contributed by atoms with E-state index in [1.807, 2.05) is 26.0 Å². The smallest absolute Gasteiger partial charge is 0.242 e. The van der Waals surface area contributed by atoms with E-state index >= 15 is 0 Å². The van der Waals surface area contributed by atoms with Gasteiger partial charge >= 0.3 is 0 Å². The average Bonchev–Trinajstić information content (AvgIpc) is 2.67. The van der Waals surface area contributed by atoms with Crippen molar-refractivity contribution >= 4 is 46.6 Å². The lowest BCUT2D eigenvalue weighted by Gasteiger charge is -2.30. The normalized spacial score (nSPS) is 12.9. The zero-order valence-electron chi connectivity index (χ0n) is 16.7. The molecule has 2 rings (SSSR count). The highest BCUT2D eigenvalue weighted by Gasteiger charge is 2.27. The van der Waals surface area contributed by atoms with Gasteiger partial charge in [0.05, 0.1) is 6.42 Å². The lowest BCUT2D eigenvalue weighted by Crippen LogP contribution is -2.49. The van der Waals surface area contributed by atoms with Crippen LogP contribution in [0.15, 0.2) is 42.5 Å². The van der Waals surface area contributed by atoms with Crippen molar-refractivity contribution in [3.8, 4) is 0 Å².